The first kappa shape index (κ1) is 17.7. The summed E-state index contributed by atoms with van der Waals surface area (Å²) in [6.45, 7) is 5.70. The molecular formula is C17H22N4O3. The highest BCUT2D eigenvalue weighted by molar-refractivity contribution is 5.76. The highest BCUT2D eigenvalue weighted by Gasteiger charge is 2.22. The first-order valence-electron chi connectivity index (χ1n) is 7.89. The molecule has 1 N–H and O–H groups in total. The summed E-state index contributed by atoms with van der Waals surface area (Å²) >= 11 is 0. The van der Waals surface area contributed by atoms with Crippen LogP contribution in [0.1, 0.15) is 37.7 Å². The van der Waals surface area contributed by atoms with Gasteiger partial charge in [0.15, 0.2) is 12.4 Å². The first-order chi connectivity index (χ1) is 11.4. The highest BCUT2D eigenvalue weighted by Crippen LogP contribution is 2.21. The number of hydrogen-bond acceptors (Lipinski definition) is 4. The van der Waals surface area contributed by atoms with Gasteiger partial charge in [-0.15, -0.1) is 0 Å². The lowest BCUT2D eigenvalue weighted by atomic mass is 9.97. The molecule has 24 heavy (non-hydrogen) atoms. The number of aromatic nitrogens is 2. The second-order valence-electron chi connectivity index (χ2n) is 6.17. The van der Waals surface area contributed by atoms with Gasteiger partial charge in [0.05, 0.1) is 6.04 Å². The van der Waals surface area contributed by atoms with Gasteiger partial charge in [-0.25, -0.2) is 9.55 Å². The molecule has 1 aromatic carbocycles. The highest BCUT2D eigenvalue weighted by atomic mass is 16.6. The number of rotatable bonds is 7. The molecule has 0 bridgehead atoms. The number of aryl methyl sites for hydroxylation is 1. The minimum atomic E-state index is -0.532. The molecule has 128 valence electrons. The van der Waals surface area contributed by atoms with E-state index in [1.54, 1.807) is 6.92 Å². The second kappa shape index (κ2) is 7.72. The average Bonchev–Trinajstić information content (AvgIpc) is 2.88. The van der Waals surface area contributed by atoms with Crippen LogP contribution >= 0.6 is 0 Å². The standard InChI is InChI=1S/C17H22N4O3/c1-12(2)9-15(14-7-5-4-6-8-14)19-16(22)11-20-13(3)18-10-17(20)21(23)24/h4-8,10,12,15H,9,11H2,1-3H3,(H,19,22). The number of nitrogens with one attached hydrogen (secondary N) is 1. The number of hydrogen-bond donors (Lipinski definition) is 1. The minimum Gasteiger partial charge on any atom is -0.358 e. The van der Waals surface area contributed by atoms with Gasteiger partial charge in [0.25, 0.3) is 5.91 Å². The Kier molecular flexibility index (Phi) is 5.68. The molecule has 0 saturated heterocycles. The third kappa shape index (κ3) is 4.41. The third-order valence-corrected chi connectivity index (χ3v) is 3.77. The molecule has 0 radical (unpaired) electrons. The second-order valence-corrected chi connectivity index (χ2v) is 6.17. The Morgan fingerprint density at radius 1 is 1.33 bits per heavy atom. The number of nitro groups is 1. The predicted octanol–water partition coefficient (Wildman–Crippen LogP) is 3.00. The van der Waals surface area contributed by atoms with Gasteiger partial charge in [-0.05, 0) is 22.8 Å². The summed E-state index contributed by atoms with van der Waals surface area (Å²) in [5, 5.41) is 14.0. The Balaban J connectivity index is 2.14. The van der Waals surface area contributed by atoms with E-state index in [9.17, 15) is 14.9 Å². The number of carbonyl (C=O) groups excluding carboxylic acids is 1. The maximum atomic E-state index is 12.4. The summed E-state index contributed by atoms with van der Waals surface area (Å²) in [7, 11) is 0. The van der Waals surface area contributed by atoms with Crippen molar-refractivity contribution < 1.29 is 9.72 Å². The van der Waals surface area contributed by atoms with Crippen molar-refractivity contribution in [3.63, 3.8) is 0 Å². The zero-order valence-electron chi connectivity index (χ0n) is 14.1. The largest absolute Gasteiger partial charge is 0.358 e. The summed E-state index contributed by atoms with van der Waals surface area (Å²) in [5.41, 5.74) is 1.02. The molecule has 7 heteroatoms. The van der Waals surface area contributed by atoms with Crippen molar-refractivity contribution >= 4 is 11.7 Å². The third-order valence-electron chi connectivity index (χ3n) is 3.77. The van der Waals surface area contributed by atoms with Crippen LogP contribution in [0, 0.1) is 23.0 Å². The summed E-state index contributed by atoms with van der Waals surface area (Å²) < 4.78 is 1.31. The molecule has 0 spiro atoms. The van der Waals surface area contributed by atoms with E-state index < -0.39 is 4.92 Å². The minimum absolute atomic E-state index is 0.121. The van der Waals surface area contributed by atoms with E-state index in [2.05, 4.69) is 24.1 Å². The van der Waals surface area contributed by atoms with Gasteiger partial charge in [0.1, 0.15) is 6.20 Å². The summed E-state index contributed by atoms with van der Waals surface area (Å²) in [5.74, 6) is 0.397. The van der Waals surface area contributed by atoms with E-state index in [0.717, 1.165) is 12.0 Å². The van der Waals surface area contributed by atoms with Crippen LogP contribution in [0.3, 0.4) is 0 Å². The van der Waals surface area contributed by atoms with Crippen molar-refractivity contribution in [2.24, 2.45) is 5.92 Å². The van der Waals surface area contributed by atoms with E-state index in [0.29, 0.717) is 11.7 Å². The summed E-state index contributed by atoms with van der Waals surface area (Å²) in [4.78, 5) is 26.8. The Morgan fingerprint density at radius 2 is 2.00 bits per heavy atom. The maximum Gasteiger partial charge on any atom is 0.343 e. The van der Waals surface area contributed by atoms with Gasteiger partial charge < -0.3 is 15.4 Å². The van der Waals surface area contributed by atoms with Crippen molar-refractivity contribution in [1.82, 2.24) is 14.9 Å². The van der Waals surface area contributed by atoms with Crippen LogP contribution in [-0.4, -0.2) is 20.4 Å². The normalized spacial score (nSPS) is 12.2. The van der Waals surface area contributed by atoms with Gasteiger partial charge in [0, 0.05) is 6.92 Å². The van der Waals surface area contributed by atoms with Gasteiger partial charge in [-0.3, -0.25) is 4.79 Å². The number of amides is 1. The van der Waals surface area contributed by atoms with E-state index in [1.807, 2.05) is 30.3 Å². The molecule has 7 nitrogen and oxygen atoms in total. The fraction of sp³-hybridized carbons (Fsp3) is 0.412. The molecule has 0 aliphatic carbocycles. The van der Waals surface area contributed by atoms with Crippen molar-refractivity contribution in [2.75, 3.05) is 0 Å². The Bertz CT molecular complexity index is 710. The number of imidazole rings is 1. The maximum absolute atomic E-state index is 12.4. The van der Waals surface area contributed by atoms with Crippen molar-refractivity contribution in [3.8, 4) is 0 Å². The monoisotopic (exact) mass is 330 g/mol. The van der Waals surface area contributed by atoms with Crippen molar-refractivity contribution in [3.05, 3.63) is 58.0 Å². The average molecular weight is 330 g/mol. The molecule has 1 heterocycles. The molecule has 0 aliphatic heterocycles. The van der Waals surface area contributed by atoms with Gasteiger partial charge in [0.2, 0.25) is 0 Å². The molecule has 0 aliphatic rings. The van der Waals surface area contributed by atoms with Gasteiger partial charge >= 0.3 is 5.82 Å². The lowest BCUT2D eigenvalue weighted by molar-refractivity contribution is -0.392. The lowest BCUT2D eigenvalue weighted by Gasteiger charge is -2.21. The zero-order chi connectivity index (χ0) is 17.7. The van der Waals surface area contributed by atoms with Crippen LogP contribution in [-0.2, 0) is 11.3 Å². The molecule has 1 unspecified atom stereocenters. The molecule has 2 aromatic rings. The fourth-order valence-corrected chi connectivity index (χ4v) is 2.62. The smallest absolute Gasteiger partial charge is 0.343 e. The number of nitrogens with zero attached hydrogens (tertiary/aromatic N) is 3. The quantitative estimate of drug-likeness (QED) is 0.624. The molecule has 2 rings (SSSR count). The number of carbonyl (C=O) groups is 1. The zero-order valence-corrected chi connectivity index (χ0v) is 14.1. The van der Waals surface area contributed by atoms with Crippen molar-refractivity contribution in [2.45, 2.75) is 39.8 Å². The summed E-state index contributed by atoms with van der Waals surface area (Å²) in [6, 6.07) is 9.60. The lowest BCUT2D eigenvalue weighted by Crippen LogP contribution is -2.32. The van der Waals surface area contributed by atoms with Crippen LogP contribution in [0.2, 0.25) is 0 Å². The Morgan fingerprint density at radius 3 is 2.58 bits per heavy atom. The molecule has 1 aromatic heterocycles. The van der Waals surface area contributed by atoms with E-state index in [4.69, 9.17) is 0 Å². The molecule has 1 amide bonds. The molecule has 0 saturated carbocycles. The Labute approximate surface area is 140 Å². The SMILES string of the molecule is Cc1ncc([N+](=O)[O-])n1CC(=O)NC(CC(C)C)c1ccccc1. The summed E-state index contributed by atoms with van der Waals surface area (Å²) in [6.07, 6.45) is 1.96. The van der Waals surface area contributed by atoms with Crippen LogP contribution in [0.15, 0.2) is 36.5 Å². The fourth-order valence-electron chi connectivity index (χ4n) is 2.62. The van der Waals surface area contributed by atoms with Crippen LogP contribution < -0.4 is 5.32 Å². The van der Waals surface area contributed by atoms with Crippen LogP contribution in [0.4, 0.5) is 5.82 Å². The molecule has 0 fully saturated rings. The first-order valence-corrected chi connectivity index (χ1v) is 7.89. The molecule has 1 atom stereocenters. The number of benzene rings is 1. The van der Waals surface area contributed by atoms with Gasteiger partial charge in [-0.2, -0.15) is 0 Å². The topological polar surface area (TPSA) is 90.1 Å². The van der Waals surface area contributed by atoms with Crippen LogP contribution in [0.25, 0.3) is 0 Å². The van der Waals surface area contributed by atoms with E-state index in [1.165, 1.54) is 10.8 Å². The molecular weight excluding hydrogens is 308 g/mol. The van der Waals surface area contributed by atoms with Gasteiger partial charge in [-0.1, -0.05) is 44.2 Å². The van der Waals surface area contributed by atoms with Crippen molar-refractivity contribution in [1.29, 1.82) is 0 Å². The van der Waals surface area contributed by atoms with E-state index >= 15 is 0 Å². The Hall–Kier alpha value is -2.70. The van der Waals surface area contributed by atoms with Crippen LogP contribution in [0.5, 0.6) is 0 Å². The van der Waals surface area contributed by atoms with E-state index in [-0.39, 0.29) is 24.3 Å². The predicted molar refractivity (Wildman–Crippen MR) is 90.4 cm³/mol.